The topological polar surface area (TPSA) is 70.6 Å². The molecule has 0 aliphatic carbocycles. The predicted octanol–water partition coefficient (Wildman–Crippen LogP) is 2.30. The zero-order valence-corrected chi connectivity index (χ0v) is 15.8. The van der Waals surface area contributed by atoms with Crippen molar-refractivity contribution in [3.05, 3.63) is 30.3 Å². The number of aliphatic imine (C=N–C) groups is 1. The van der Waals surface area contributed by atoms with Crippen molar-refractivity contribution in [2.24, 2.45) is 4.99 Å². The zero-order chi connectivity index (χ0) is 17.3. The SMILES string of the molecule is CCNC(=NCC1CCCS1)NCCCS(=O)(=O)c1ccccc1. The molecule has 5 nitrogen and oxygen atoms in total. The highest BCUT2D eigenvalue weighted by Gasteiger charge is 2.15. The molecule has 0 aromatic heterocycles. The number of hydrogen-bond donors (Lipinski definition) is 2. The van der Waals surface area contributed by atoms with Crippen LogP contribution in [0.5, 0.6) is 0 Å². The fourth-order valence-electron chi connectivity index (χ4n) is 2.54. The van der Waals surface area contributed by atoms with Crippen LogP contribution in [-0.4, -0.2) is 50.8 Å². The van der Waals surface area contributed by atoms with Crippen molar-refractivity contribution in [2.45, 2.75) is 36.3 Å². The quantitative estimate of drug-likeness (QED) is 0.418. The van der Waals surface area contributed by atoms with Crippen molar-refractivity contribution < 1.29 is 8.42 Å². The lowest BCUT2D eigenvalue weighted by molar-refractivity contribution is 0.592. The first-order valence-electron chi connectivity index (χ1n) is 8.53. The molecule has 1 heterocycles. The number of rotatable bonds is 8. The Kier molecular flexibility index (Phi) is 7.91. The minimum atomic E-state index is -3.20. The molecular formula is C17H27N3O2S2. The second-order valence-electron chi connectivity index (χ2n) is 5.77. The van der Waals surface area contributed by atoms with Crippen molar-refractivity contribution in [1.82, 2.24) is 10.6 Å². The van der Waals surface area contributed by atoms with Crippen LogP contribution in [0, 0.1) is 0 Å². The van der Waals surface area contributed by atoms with Crippen LogP contribution in [0.3, 0.4) is 0 Å². The van der Waals surface area contributed by atoms with E-state index in [9.17, 15) is 8.42 Å². The summed E-state index contributed by atoms with van der Waals surface area (Å²) in [5, 5.41) is 7.07. The number of nitrogens with zero attached hydrogens (tertiary/aromatic N) is 1. The minimum absolute atomic E-state index is 0.141. The van der Waals surface area contributed by atoms with Gasteiger partial charge >= 0.3 is 0 Å². The molecule has 0 saturated carbocycles. The molecule has 7 heteroatoms. The number of hydrogen-bond acceptors (Lipinski definition) is 4. The van der Waals surface area contributed by atoms with Crippen molar-refractivity contribution >= 4 is 27.6 Å². The molecule has 2 rings (SSSR count). The van der Waals surface area contributed by atoms with Crippen LogP contribution in [0.15, 0.2) is 40.2 Å². The summed E-state index contributed by atoms with van der Waals surface area (Å²) in [5.41, 5.74) is 0. The van der Waals surface area contributed by atoms with Gasteiger partial charge < -0.3 is 10.6 Å². The van der Waals surface area contributed by atoms with Crippen LogP contribution in [0.4, 0.5) is 0 Å². The van der Waals surface area contributed by atoms with E-state index in [0.29, 0.717) is 23.1 Å². The first-order valence-corrected chi connectivity index (χ1v) is 11.2. The van der Waals surface area contributed by atoms with Gasteiger partial charge in [0, 0.05) is 18.3 Å². The average Bonchev–Trinajstić information content (AvgIpc) is 3.11. The second kappa shape index (κ2) is 9.93. The Morgan fingerprint density at radius 2 is 2.08 bits per heavy atom. The molecule has 1 atom stereocenters. The van der Waals surface area contributed by atoms with Gasteiger partial charge in [0.05, 0.1) is 17.2 Å². The lowest BCUT2D eigenvalue weighted by Gasteiger charge is -2.12. The van der Waals surface area contributed by atoms with E-state index in [-0.39, 0.29) is 5.75 Å². The summed E-state index contributed by atoms with van der Waals surface area (Å²) in [6.07, 6.45) is 3.08. The summed E-state index contributed by atoms with van der Waals surface area (Å²) >= 11 is 1.99. The van der Waals surface area contributed by atoms with Crippen LogP contribution in [0.1, 0.15) is 26.2 Å². The maximum atomic E-state index is 12.2. The summed E-state index contributed by atoms with van der Waals surface area (Å²) in [5.74, 6) is 2.16. The van der Waals surface area contributed by atoms with Crippen LogP contribution < -0.4 is 10.6 Å². The summed E-state index contributed by atoms with van der Waals surface area (Å²) in [4.78, 5) is 5.00. The van der Waals surface area contributed by atoms with E-state index >= 15 is 0 Å². The van der Waals surface area contributed by atoms with E-state index < -0.39 is 9.84 Å². The molecular weight excluding hydrogens is 342 g/mol. The normalized spacial score (nSPS) is 18.5. The zero-order valence-electron chi connectivity index (χ0n) is 14.2. The Hall–Kier alpha value is -1.21. The molecule has 0 amide bonds. The summed E-state index contributed by atoms with van der Waals surface area (Å²) in [7, 11) is -3.20. The van der Waals surface area contributed by atoms with Gasteiger partial charge in [-0.2, -0.15) is 11.8 Å². The fourth-order valence-corrected chi connectivity index (χ4v) is 5.05. The summed E-state index contributed by atoms with van der Waals surface area (Å²) in [6.45, 7) is 4.24. The monoisotopic (exact) mass is 369 g/mol. The Morgan fingerprint density at radius 3 is 2.75 bits per heavy atom. The van der Waals surface area contributed by atoms with Gasteiger partial charge in [0.15, 0.2) is 15.8 Å². The van der Waals surface area contributed by atoms with Crippen LogP contribution >= 0.6 is 11.8 Å². The van der Waals surface area contributed by atoms with E-state index in [1.54, 1.807) is 24.3 Å². The molecule has 1 aliphatic heterocycles. The minimum Gasteiger partial charge on any atom is -0.357 e. The molecule has 0 spiro atoms. The number of guanidine groups is 1. The van der Waals surface area contributed by atoms with Crippen LogP contribution in [-0.2, 0) is 9.84 Å². The average molecular weight is 370 g/mol. The standard InChI is InChI=1S/C17H27N3O2S2/c1-2-18-17(20-14-15-8-6-12-23-15)19-11-7-13-24(21,22)16-9-4-3-5-10-16/h3-5,9-10,15H,2,6-8,11-14H2,1H3,(H2,18,19,20). The van der Waals surface area contributed by atoms with E-state index in [2.05, 4.69) is 15.6 Å². The van der Waals surface area contributed by atoms with Gasteiger partial charge in [-0.3, -0.25) is 4.99 Å². The number of sulfone groups is 1. The number of thioether (sulfide) groups is 1. The Morgan fingerprint density at radius 1 is 1.29 bits per heavy atom. The molecule has 2 N–H and O–H groups in total. The first-order chi connectivity index (χ1) is 11.6. The smallest absolute Gasteiger partial charge is 0.191 e. The fraction of sp³-hybridized carbons (Fsp3) is 0.588. The van der Waals surface area contributed by atoms with Crippen molar-refractivity contribution in [3.8, 4) is 0 Å². The second-order valence-corrected chi connectivity index (χ2v) is 9.28. The predicted molar refractivity (Wildman–Crippen MR) is 103 cm³/mol. The lowest BCUT2D eigenvalue weighted by atomic mass is 10.2. The van der Waals surface area contributed by atoms with Gasteiger partial charge in [-0.25, -0.2) is 8.42 Å². The van der Waals surface area contributed by atoms with Gasteiger partial charge in [-0.1, -0.05) is 18.2 Å². The molecule has 0 radical (unpaired) electrons. The van der Waals surface area contributed by atoms with Gasteiger partial charge in [0.25, 0.3) is 0 Å². The van der Waals surface area contributed by atoms with Crippen LogP contribution in [0.25, 0.3) is 0 Å². The highest BCUT2D eigenvalue weighted by molar-refractivity contribution is 8.00. The largest absolute Gasteiger partial charge is 0.357 e. The van der Waals surface area contributed by atoms with E-state index in [1.165, 1.54) is 18.6 Å². The Balaban J connectivity index is 1.76. The van der Waals surface area contributed by atoms with Crippen molar-refractivity contribution in [1.29, 1.82) is 0 Å². The molecule has 0 bridgehead atoms. The third-order valence-electron chi connectivity index (χ3n) is 3.81. The Bertz CT molecular complexity index is 612. The highest BCUT2D eigenvalue weighted by Crippen LogP contribution is 2.25. The van der Waals surface area contributed by atoms with Crippen molar-refractivity contribution in [2.75, 3.05) is 31.1 Å². The Labute approximate surface area is 149 Å². The molecule has 1 fully saturated rings. The number of nitrogens with one attached hydrogen (secondary N) is 2. The molecule has 1 aliphatic rings. The lowest BCUT2D eigenvalue weighted by Crippen LogP contribution is -2.38. The number of benzene rings is 1. The van der Waals surface area contributed by atoms with Gasteiger partial charge in [0.1, 0.15) is 0 Å². The maximum Gasteiger partial charge on any atom is 0.191 e. The summed E-state index contributed by atoms with van der Waals surface area (Å²) < 4.78 is 24.5. The van der Waals surface area contributed by atoms with E-state index in [4.69, 9.17) is 0 Å². The maximum absolute atomic E-state index is 12.2. The van der Waals surface area contributed by atoms with Gasteiger partial charge in [0.2, 0.25) is 0 Å². The van der Waals surface area contributed by atoms with Crippen molar-refractivity contribution in [3.63, 3.8) is 0 Å². The third kappa shape index (κ3) is 6.36. The molecule has 134 valence electrons. The van der Waals surface area contributed by atoms with Gasteiger partial charge in [-0.05, 0) is 44.1 Å². The molecule has 1 unspecified atom stereocenters. The van der Waals surface area contributed by atoms with E-state index in [0.717, 1.165) is 19.0 Å². The highest BCUT2D eigenvalue weighted by atomic mass is 32.2. The summed E-state index contributed by atoms with van der Waals surface area (Å²) in [6, 6.07) is 8.62. The van der Waals surface area contributed by atoms with Gasteiger partial charge in [-0.15, -0.1) is 0 Å². The first kappa shape index (κ1) is 19.1. The molecule has 1 aromatic rings. The molecule has 1 aromatic carbocycles. The molecule has 24 heavy (non-hydrogen) atoms. The van der Waals surface area contributed by atoms with E-state index in [1.807, 2.05) is 24.8 Å². The third-order valence-corrected chi connectivity index (χ3v) is 7.00. The molecule has 1 saturated heterocycles. The van der Waals surface area contributed by atoms with Crippen LogP contribution in [0.2, 0.25) is 0 Å².